The molecular formula is C15H20O3. The van der Waals surface area contributed by atoms with E-state index in [9.17, 15) is 14.7 Å². The van der Waals surface area contributed by atoms with Crippen LogP contribution in [0.1, 0.15) is 40.0 Å². The fourth-order valence-electron chi connectivity index (χ4n) is 5.38. The Balaban J connectivity index is 2.18. The van der Waals surface area contributed by atoms with Gasteiger partial charge in [-0.05, 0) is 30.1 Å². The van der Waals surface area contributed by atoms with Crippen LogP contribution >= 0.6 is 0 Å². The van der Waals surface area contributed by atoms with E-state index in [4.69, 9.17) is 0 Å². The summed E-state index contributed by atoms with van der Waals surface area (Å²) in [5.74, 6) is 0.102. The molecule has 3 heteroatoms. The molecule has 3 rings (SSSR count). The van der Waals surface area contributed by atoms with Crippen LogP contribution in [0.15, 0.2) is 11.6 Å². The Morgan fingerprint density at radius 3 is 2.72 bits per heavy atom. The van der Waals surface area contributed by atoms with Gasteiger partial charge in [0.2, 0.25) is 0 Å². The van der Waals surface area contributed by atoms with E-state index in [1.807, 2.05) is 13.0 Å². The monoisotopic (exact) mass is 248 g/mol. The summed E-state index contributed by atoms with van der Waals surface area (Å²) >= 11 is 0. The average Bonchev–Trinajstić information content (AvgIpc) is 2.79. The molecule has 0 aromatic heterocycles. The first-order valence-corrected chi connectivity index (χ1v) is 6.84. The van der Waals surface area contributed by atoms with Crippen molar-refractivity contribution in [3.8, 4) is 0 Å². The summed E-state index contributed by atoms with van der Waals surface area (Å²) in [7, 11) is 0. The van der Waals surface area contributed by atoms with Crippen LogP contribution in [0.3, 0.4) is 0 Å². The van der Waals surface area contributed by atoms with Crippen LogP contribution in [0.4, 0.5) is 0 Å². The lowest BCUT2D eigenvalue weighted by atomic mass is 9.60. The Kier molecular flexibility index (Phi) is 2.16. The lowest BCUT2D eigenvalue weighted by molar-refractivity contribution is -0.135. The lowest BCUT2D eigenvalue weighted by Gasteiger charge is -2.40. The summed E-state index contributed by atoms with van der Waals surface area (Å²) in [5, 5.41) is 9.34. The third-order valence-electron chi connectivity index (χ3n) is 6.03. The molecule has 18 heavy (non-hydrogen) atoms. The SMILES string of the molecule is CC1CC(=O)C23[C@@H](C)C(C(=O)O)=C[C@]2(C)CC[C@@H]13. The molecule has 0 amide bonds. The first-order chi connectivity index (χ1) is 8.34. The predicted octanol–water partition coefficient (Wildman–Crippen LogP) is 2.66. The van der Waals surface area contributed by atoms with E-state index in [1.165, 1.54) is 0 Å². The topological polar surface area (TPSA) is 54.4 Å². The fourth-order valence-corrected chi connectivity index (χ4v) is 5.38. The van der Waals surface area contributed by atoms with Crippen molar-refractivity contribution in [1.82, 2.24) is 0 Å². The number of hydrogen-bond acceptors (Lipinski definition) is 2. The molecular weight excluding hydrogens is 228 g/mol. The van der Waals surface area contributed by atoms with Crippen molar-refractivity contribution < 1.29 is 14.7 Å². The fraction of sp³-hybridized carbons (Fsp3) is 0.733. The molecule has 0 heterocycles. The van der Waals surface area contributed by atoms with Crippen LogP contribution in [-0.2, 0) is 9.59 Å². The van der Waals surface area contributed by atoms with Gasteiger partial charge in [0.05, 0.1) is 0 Å². The standard InChI is InChI=1S/C15H20O3/c1-8-6-12(16)15-9(2)10(13(17)18)7-14(15,3)5-4-11(8)15/h7-9,11H,4-6H2,1-3H3,(H,17,18)/t8?,9-,11-,14-,15?/m0/s1. The second-order valence-electron chi connectivity index (χ2n) is 6.66. The zero-order valence-corrected chi connectivity index (χ0v) is 11.2. The molecule has 2 fully saturated rings. The maximum absolute atomic E-state index is 12.6. The van der Waals surface area contributed by atoms with E-state index in [1.54, 1.807) is 0 Å². The van der Waals surface area contributed by atoms with Crippen molar-refractivity contribution in [2.75, 3.05) is 0 Å². The molecule has 1 N–H and O–H groups in total. The van der Waals surface area contributed by atoms with Gasteiger partial charge in [-0.2, -0.15) is 0 Å². The minimum atomic E-state index is -0.849. The van der Waals surface area contributed by atoms with Gasteiger partial charge in [-0.15, -0.1) is 0 Å². The number of Topliss-reactive ketones (excluding diaryl/α,β-unsaturated/α-hetero) is 1. The first-order valence-electron chi connectivity index (χ1n) is 6.84. The average molecular weight is 248 g/mol. The minimum absolute atomic E-state index is 0.134. The molecule has 3 aliphatic rings. The van der Waals surface area contributed by atoms with Gasteiger partial charge < -0.3 is 5.11 Å². The molecule has 0 radical (unpaired) electrons. The third-order valence-corrected chi connectivity index (χ3v) is 6.03. The molecule has 5 atom stereocenters. The summed E-state index contributed by atoms with van der Waals surface area (Å²) in [4.78, 5) is 24.0. The molecule has 3 nitrogen and oxygen atoms in total. The van der Waals surface area contributed by atoms with Crippen LogP contribution in [0.5, 0.6) is 0 Å². The van der Waals surface area contributed by atoms with E-state index < -0.39 is 11.4 Å². The minimum Gasteiger partial charge on any atom is -0.478 e. The van der Waals surface area contributed by atoms with Gasteiger partial charge in [-0.1, -0.05) is 26.8 Å². The van der Waals surface area contributed by atoms with E-state index in [0.717, 1.165) is 12.8 Å². The lowest BCUT2D eigenvalue weighted by Crippen LogP contribution is -2.43. The second kappa shape index (κ2) is 3.25. The molecule has 1 spiro atoms. The highest BCUT2D eigenvalue weighted by Gasteiger charge is 2.71. The normalized spacial score (nSPS) is 50.1. The highest BCUT2D eigenvalue weighted by atomic mass is 16.4. The highest BCUT2D eigenvalue weighted by molar-refractivity contribution is 5.96. The Labute approximate surface area is 107 Å². The van der Waals surface area contributed by atoms with Crippen molar-refractivity contribution in [2.45, 2.75) is 40.0 Å². The number of ketones is 1. The van der Waals surface area contributed by atoms with Crippen LogP contribution in [0.25, 0.3) is 0 Å². The Morgan fingerprint density at radius 1 is 1.44 bits per heavy atom. The summed E-state index contributed by atoms with van der Waals surface area (Å²) < 4.78 is 0. The van der Waals surface area contributed by atoms with Gasteiger partial charge in [0.1, 0.15) is 5.78 Å². The predicted molar refractivity (Wildman–Crippen MR) is 66.9 cm³/mol. The van der Waals surface area contributed by atoms with E-state index in [2.05, 4.69) is 13.8 Å². The zero-order chi connectivity index (χ0) is 13.3. The summed E-state index contributed by atoms with van der Waals surface area (Å²) in [6.45, 7) is 6.18. The molecule has 0 aromatic rings. The van der Waals surface area contributed by atoms with Crippen LogP contribution in [-0.4, -0.2) is 16.9 Å². The van der Waals surface area contributed by atoms with E-state index in [-0.39, 0.29) is 11.3 Å². The number of allylic oxidation sites excluding steroid dienone is 1. The van der Waals surface area contributed by atoms with Crippen LogP contribution < -0.4 is 0 Å². The number of rotatable bonds is 1. The molecule has 2 saturated carbocycles. The third kappa shape index (κ3) is 1.03. The molecule has 98 valence electrons. The highest BCUT2D eigenvalue weighted by Crippen LogP contribution is 2.71. The van der Waals surface area contributed by atoms with Gasteiger partial charge >= 0.3 is 5.97 Å². The van der Waals surface area contributed by atoms with Crippen LogP contribution in [0.2, 0.25) is 0 Å². The van der Waals surface area contributed by atoms with Crippen molar-refractivity contribution in [3.63, 3.8) is 0 Å². The molecule has 0 aliphatic heterocycles. The number of aliphatic carboxylic acids is 1. The molecule has 0 bridgehead atoms. The summed E-state index contributed by atoms with van der Waals surface area (Å²) in [5.41, 5.74) is -0.183. The smallest absolute Gasteiger partial charge is 0.331 e. The molecule has 3 aliphatic carbocycles. The van der Waals surface area contributed by atoms with Crippen molar-refractivity contribution in [2.24, 2.45) is 28.6 Å². The zero-order valence-electron chi connectivity index (χ0n) is 11.2. The maximum Gasteiger partial charge on any atom is 0.331 e. The Morgan fingerprint density at radius 2 is 2.11 bits per heavy atom. The van der Waals surface area contributed by atoms with Crippen molar-refractivity contribution >= 4 is 11.8 Å². The maximum atomic E-state index is 12.6. The van der Waals surface area contributed by atoms with Gasteiger partial charge in [-0.25, -0.2) is 4.79 Å². The number of hydrogen-bond donors (Lipinski definition) is 1. The number of carbonyl (C=O) groups excluding carboxylic acids is 1. The van der Waals surface area contributed by atoms with Gasteiger partial charge in [0.25, 0.3) is 0 Å². The number of carboxylic acid groups (broad SMARTS) is 1. The molecule has 0 saturated heterocycles. The quantitative estimate of drug-likeness (QED) is 0.776. The number of carbonyl (C=O) groups is 2. The first kappa shape index (κ1) is 11.9. The second-order valence-corrected chi connectivity index (χ2v) is 6.66. The van der Waals surface area contributed by atoms with Gasteiger partial charge in [0.15, 0.2) is 0 Å². The largest absolute Gasteiger partial charge is 0.478 e. The van der Waals surface area contributed by atoms with Crippen molar-refractivity contribution in [1.29, 1.82) is 0 Å². The Hall–Kier alpha value is -1.12. The number of carboxylic acids is 1. The van der Waals surface area contributed by atoms with E-state index >= 15 is 0 Å². The molecule has 0 aromatic carbocycles. The van der Waals surface area contributed by atoms with Gasteiger partial charge in [0, 0.05) is 23.3 Å². The van der Waals surface area contributed by atoms with Crippen molar-refractivity contribution in [3.05, 3.63) is 11.6 Å². The van der Waals surface area contributed by atoms with Crippen LogP contribution in [0, 0.1) is 28.6 Å². The summed E-state index contributed by atoms with van der Waals surface area (Å²) in [6, 6.07) is 0. The molecule has 2 unspecified atom stereocenters. The Bertz CT molecular complexity index is 478. The summed E-state index contributed by atoms with van der Waals surface area (Å²) in [6.07, 6.45) is 4.55. The van der Waals surface area contributed by atoms with Gasteiger partial charge in [-0.3, -0.25) is 4.79 Å². The van der Waals surface area contributed by atoms with E-state index in [0.29, 0.717) is 29.6 Å².